The standard InChI is InChI=1S/C31H38N2O5S/c1-36-17-8-15-33(31(35)27-20-26(27)24-9-5-4-6-10-24)22-30(34)32(21-25-11-7-18-39-25)16-14-23-12-13-28(37-2)29(19-23)38-3/h4-7,9-13,18-19,26-27H,8,14-17,20-22H2,1-3H3/t26-,27?/m0/s1. The second kappa shape index (κ2) is 14.1. The lowest BCUT2D eigenvalue weighted by Crippen LogP contribution is -2.44. The van der Waals surface area contributed by atoms with E-state index in [0.29, 0.717) is 50.6 Å². The van der Waals surface area contributed by atoms with Gasteiger partial charge in [0.15, 0.2) is 11.5 Å². The predicted molar refractivity (Wildman–Crippen MR) is 153 cm³/mol. The molecular formula is C31H38N2O5S. The van der Waals surface area contributed by atoms with Gasteiger partial charge in [-0.15, -0.1) is 11.3 Å². The van der Waals surface area contributed by atoms with E-state index in [1.165, 1.54) is 5.56 Å². The van der Waals surface area contributed by atoms with Crippen molar-refractivity contribution < 1.29 is 23.8 Å². The Morgan fingerprint density at radius 1 is 0.923 bits per heavy atom. The monoisotopic (exact) mass is 550 g/mol. The van der Waals surface area contributed by atoms with Gasteiger partial charge in [-0.05, 0) is 59.9 Å². The molecule has 1 fully saturated rings. The van der Waals surface area contributed by atoms with Crippen molar-refractivity contribution in [2.75, 3.05) is 47.6 Å². The molecule has 1 aliphatic rings. The van der Waals surface area contributed by atoms with Gasteiger partial charge in [-0.2, -0.15) is 0 Å². The molecule has 7 nitrogen and oxygen atoms in total. The van der Waals surface area contributed by atoms with E-state index in [1.807, 2.05) is 58.8 Å². The largest absolute Gasteiger partial charge is 0.493 e. The highest BCUT2D eigenvalue weighted by Gasteiger charge is 2.46. The van der Waals surface area contributed by atoms with Crippen molar-refractivity contribution in [2.24, 2.45) is 5.92 Å². The van der Waals surface area contributed by atoms with Gasteiger partial charge in [0.2, 0.25) is 11.8 Å². The van der Waals surface area contributed by atoms with Crippen LogP contribution in [-0.4, -0.2) is 69.2 Å². The molecule has 1 saturated carbocycles. The van der Waals surface area contributed by atoms with E-state index in [0.717, 1.165) is 16.9 Å². The van der Waals surface area contributed by atoms with Crippen LogP contribution in [0.1, 0.15) is 34.8 Å². The van der Waals surface area contributed by atoms with Crippen LogP contribution in [0.3, 0.4) is 0 Å². The first-order chi connectivity index (χ1) is 19.0. The SMILES string of the molecule is COCCCN(CC(=O)N(CCc1ccc(OC)c(OC)c1)Cc1cccs1)C(=O)C1C[C@H]1c1ccccc1. The lowest BCUT2D eigenvalue weighted by Gasteiger charge is -2.28. The number of hydrogen-bond donors (Lipinski definition) is 0. The number of methoxy groups -OCH3 is 3. The zero-order chi connectivity index (χ0) is 27.6. The van der Waals surface area contributed by atoms with Gasteiger partial charge in [0.25, 0.3) is 0 Å². The second-order valence-corrected chi connectivity index (χ2v) is 10.8. The maximum atomic E-state index is 13.7. The van der Waals surface area contributed by atoms with Gasteiger partial charge in [-0.25, -0.2) is 0 Å². The number of carbonyl (C=O) groups is 2. The third kappa shape index (κ3) is 7.83. The van der Waals surface area contributed by atoms with Gasteiger partial charge >= 0.3 is 0 Å². The first-order valence-electron chi connectivity index (χ1n) is 13.4. The fourth-order valence-corrected chi connectivity index (χ4v) is 5.60. The molecule has 0 saturated heterocycles. The molecule has 4 rings (SSSR count). The van der Waals surface area contributed by atoms with Gasteiger partial charge < -0.3 is 24.0 Å². The van der Waals surface area contributed by atoms with Crippen LogP contribution < -0.4 is 9.47 Å². The van der Waals surface area contributed by atoms with Gasteiger partial charge in [-0.3, -0.25) is 9.59 Å². The smallest absolute Gasteiger partial charge is 0.242 e. The minimum atomic E-state index is -0.0692. The molecule has 8 heteroatoms. The lowest BCUT2D eigenvalue weighted by molar-refractivity contribution is -0.141. The summed E-state index contributed by atoms with van der Waals surface area (Å²) in [5, 5.41) is 2.02. The van der Waals surface area contributed by atoms with Crippen molar-refractivity contribution in [3.63, 3.8) is 0 Å². The number of benzene rings is 2. The summed E-state index contributed by atoms with van der Waals surface area (Å²) in [6.45, 7) is 2.15. The molecule has 3 aromatic rings. The third-order valence-corrected chi connectivity index (χ3v) is 8.01. The summed E-state index contributed by atoms with van der Waals surface area (Å²) in [6, 6.07) is 20.0. The van der Waals surface area contributed by atoms with Crippen molar-refractivity contribution in [1.29, 1.82) is 0 Å². The molecule has 0 aliphatic heterocycles. The van der Waals surface area contributed by atoms with E-state index in [2.05, 4.69) is 12.1 Å². The van der Waals surface area contributed by atoms with Crippen molar-refractivity contribution in [3.05, 3.63) is 82.0 Å². The number of ether oxygens (including phenoxy) is 3. The van der Waals surface area contributed by atoms with Crippen LogP contribution in [0, 0.1) is 5.92 Å². The van der Waals surface area contributed by atoms with Gasteiger partial charge in [0.05, 0.1) is 27.3 Å². The van der Waals surface area contributed by atoms with E-state index >= 15 is 0 Å². The first-order valence-corrected chi connectivity index (χ1v) is 14.3. The minimum absolute atomic E-state index is 0.0495. The molecule has 2 atom stereocenters. The van der Waals surface area contributed by atoms with Crippen LogP contribution in [0.2, 0.25) is 0 Å². The molecule has 208 valence electrons. The second-order valence-electron chi connectivity index (χ2n) is 9.80. The molecule has 1 heterocycles. The summed E-state index contributed by atoms with van der Waals surface area (Å²) in [4.78, 5) is 32.0. The average molecular weight is 551 g/mol. The summed E-state index contributed by atoms with van der Waals surface area (Å²) in [7, 11) is 4.88. The molecule has 0 N–H and O–H groups in total. The Labute approximate surface area is 235 Å². The predicted octanol–water partition coefficient (Wildman–Crippen LogP) is 5.01. The van der Waals surface area contributed by atoms with E-state index in [9.17, 15) is 9.59 Å². The average Bonchev–Trinajstić information content (AvgIpc) is 3.61. The van der Waals surface area contributed by atoms with Gasteiger partial charge in [0.1, 0.15) is 0 Å². The van der Waals surface area contributed by atoms with E-state index in [1.54, 1.807) is 37.6 Å². The molecule has 2 amide bonds. The molecule has 1 unspecified atom stereocenters. The Kier molecular flexibility index (Phi) is 10.4. The van der Waals surface area contributed by atoms with Crippen LogP contribution in [0.5, 0.6) is 11.5 Å². The zero-order valence-corrected chi connectivity index (χ0v) is 23.8. The first kappa shape index (κ1) is 28.6. The minimum Gasteiger partial charge on any atom is -0.493 e. The maximum Gasteiger partial charge on any atom is 0.242 e. The van der Waals surface area contributed by atoms with Crippen molar-refractivity contribution in [3.8, 4) is 11.5 Å². The number of rotatable bonds is 15. The highest BCUT2D eigenvalue weighted by atomic mass is 32.1. The fourth-order valence-electron chi connectivity index (χ4n) is 4.88. The van der Waals surface area contributed by atoms with Crippen molar-refractivity contribution in [2.45, 2.75) is 31.7 Å². The summed E-state index contributed by atoms with van der Waals surface area (Å²) in [5.41, 5.74) is 2.24. The number of thiophene rings is 1. The Hall–Kier alpha value is -3.36. The maximum absolute atomic E-state index is 13.7. The number of hydrogen-bond acceptors (Lipinski definition) is 6. The van der Waals surface area contributed by atoms with Gasteiger partial charge in [0, 0.05) is 37.6 Å². The third-order valence-electron chi connectivity index (χ3n) is 7.15. The van der Waals surface area contributed by atoms with Crippen LogP contribution in [0.15, 0.2) is 66.0 Å². The fraction of sp³-hybridized carbons (Fsp3) is 0.419. The highest BCUT2D eigenvalue weighted by molar-refractivity contribution is 7.09. The van der Waals surface area contributed by atoms with E-state index in [-0.39, 0.29) is 30.2 Å². The molecular weight excluding hydrogens is 512 g/mol. The van der Waals surface area contributed by atoms with Gasteiger partial charge in [-0.1, -0.05) is 42.5 Å². The van der Waals surface area contributed by atoms with E-state index < -0.39 is 0 Å². The Balaban J connectivity index is 1.45. The Morgan fingerprint density at radius 3 is 2.41 bits per heavy atom. The number of nitrogens with zero attached hydrogens (tertiary/aromatic N) is 2. The quantitative estimate of drug-likeness (QED) is 0.249. The normalized spacial score (nSPS) is 16.0. The Bertz CT molecular complexity index is 1200. The molecule has 0 spiro atoms. The van der Waals surface area contributed by atoms with Crippen LogP contribution in [0.4, 0.5) is 0 Å². The topological polar surface area (TPSA) is 68.3 Å². The van der Waals surface area contributed by atoms with Crippen LogP contribution in [0.25, 0.3) is 0 Å². The molecule has 0 bridgehead atoms. The lowest BCUT2D eigenvalue weighted by atomic mass is 10.1. The van der Waals surface area contributed by atoms with Crippen molar-refractivity contribution in [1.82, 2.24) is 9.80 Å². The van der Waals surface area contributed by atoms with Crippen LogP contribution >= 0.6 is 11.3 Å². The summed E-state index contributed by atoms with van der Waals surface area (Å²) < 4.78 is 16.0. The molecule has 1 aliphatic carbocycles. The molecule has 0 radical (unpaired) electrons. The molecule has 2 aromatic carbocycles. The van der Waals surface area contributed by atoms with Crippen LogP contribution in [-0.2, 0) is 27.3 Å². The molecule has 1 aromatic heterocycles. The van der Waals surface area contributed by atoms with E-state index in [4.69, 9.17) is 14.2 Å². The summed E-state index contributed by atoms with van der Waals surface area (Å²) >= 11 is 1.63. The highest BCUT2D eigenvalue weighted by Crippen LogP contribution is 2.48. The number of amides is 2. The molecule has 39 heavy (non-hydrogen) atoms. The summed E-state index contributed by atoms with van der Waals surface area (Å²) in [6.07, 6.45) is 2.18. The zero-order valence-electron chi connectivity index (χ0n) is 23.0. The van der Waals surface area contributed by atoms with Crippen molar-refractivity contribution >= 4 is 23.2 Å². The number of carbonyl (C=O) groups excluding carboxylic acids is 2. The Morgan fingerprint density at radius 2 is 1.72 bits per heavy atom. The summed E-state index contributed by atoms with van der Waals surface area (Å²) in [5.74, 6) is 1.51.